The molecule has 5 heteroatoms. The molecule has 0 bridgehead atoms. The first-order valence-electron chi connectivity index (χ1n) is 6.04. The zero-order valence-corrected chi connectivity index (χ0v) is 11.1. The molecule has 100 valence electrons. The molecule has 1 aliphatic carbocycles. The molecule has 0 amide bonds. The predicted octanol–water partition coefficient (Wildman–Crippen LogP) is 3.31. The summed E-state index contributed by atoms with van der Waals surface area (Å²) in [6.45, 7) is 0. The summed E-state index contributed by atoms with van der Waals surface area (Å²) in [5, 5.41) is 9.68. The second-order valence-corrected chi connectivity index (χ2v) is 5.22. The van der Waals surface area contributed by atoms with Gasteiger partial charge in [0.1, 0.15) is 0 Å². The third kappa shape index (κ3) is 2.15. The van der Waals surface area contributed by atoms with Crippen molar-refractivity contribution in [3.8, 4) is 11.5 Å². The number of hydrogen-bond acceptors (Lipinski definition) is 3. The SMILES string of the molecule is COc1c(O)cc(Cl)c(F)c1C1(N)CCCCC1. The van der Waals surface area contributed by atoms with Gasteiger partial charge < -0.3 is 15.6 Å². The van der Waals surface area contributed by atoms with Crippen molar-refractivity contribution in [1.29, 1.82) is 0 Å². The molecule has 0 saturated heterocycles. The van der Waals surface area contributed by atoms with Gasteiger partial charge in [-0.25, -0.2) is 4.39 Å². The average Bonchev–Trinajstić information content (AvgIpc) is 2.34. The number of ether oxygens (including phenoxy) is 1. The Balaban J connectivity index is 2.60. The van der Waals surface area contributed by atoms with E-state index in [2.05, 4.69) is 0 Å². The first-order chi connectivity index (χ1) is 8.49. The smallest absolute Gasteiger partial charge is 0.168 e. The second kappa shape index (κ2) is 4.94. The van der Waals surface area contributed by atoms with Gasteiger partial charge in [-0.2, -0.15) is 0 Å². The Kier molecular flexibility index (Phi) is 3.69. The molecule has 1 aromatic carbocycles. The van der Waals surface area contributed by atoms with Crippen LogP contribution >= 0.6 is 11.6 Å². The van der Waals surface area contributed by atoms with Gasteiger partial charge in [0.2, 0.25) is 0 Å². The van der Waals surface area contributed by atoms with E-state index >= 15 is 0 Å². The van der Waals surface area contributed by atoms with Gasteiger partial charge in [0.15, 0.2) is 17.3 Å². The van der Waals surface area contributed by atoms with Crippen molar-refractivity contribution >= 4 is 11.6 Å². The third-order valence-corrected chi connectivity index (χ3v) is 3.88. The molecule has 1 fully saturated rings. The van der Waals surface area contributed by atoms with Crippen LogP contribution in [0.25, 0.3) is 0 Å². The lowest BCUT2D eigenvalue weighted by molar-refractivity contribution is 0.273. The van der Waals surface area contributed by atoms with Crippen LogP contribution in [-0.2, 0) is 5.54 Å². The van der Waals surface area contributed by atoms with Gasteiger partial charge in [0.25, 0.3) is 0 Å². The molecule has 1 saturated carbocycles. The van der Waals surface area contributed by atoms with Crippen molar-refractivity contribution in [1.82, 2.24) is 0 Å². The molecule has 1 aliphatic rings. The van der Waals surface area contributed by atoms with E-state index in [-0.39, 0.29) is 22.1 Å². The van der Waals surface area contributed by atoms with Gasteiger partial charge in [0.05, 0.1) is 17.7 Å². The molecule has 0 atom stereocenters. The van der Waals surface area contributed by atoms with Gasteiger partial charge in [0, 0.05) is 11.6 Å². The van der Waals surface area contributed by atoms with Crippen molar-refractivity contribution < 1.29 is 14.2 Å². The summed E-state index contributed by atoms with van der Waals surface area (Å²) in [5.41, 5.74) is 5.70. The van der Waals surface area contributed by atoms with Gasteiger partial charge in [-0.1, -0.05) is 30.9 Å². The first-order valence-corrected chi connectivity index (χ1v) is 6.42. The molecule has 1 aromatic rings. The molecule has 0 aliphatic heterocycles. The number of phenols is 1. The van der Waals surface area contributed by atoms with E-state index in [4.69, 9.17) is 22.1 Å². The summed E-state index contributed by atoms with van der Waals surface area (Å²) in [4.78, 5) is 0. The highest BCUT2D eigenvalue weighted by atomic mass is 35.5. The largest absolute Gasteiger partial charge is 0.504 e. The van der Waals surface area contributed by atoms with Crippen LogP contribution in [-0.4, -0.2) is 12.2 Å². The van der Waals surface area contributed by atoms with E-state index in [1.807, 2.05) is 0 Å². The van der Waals surface area contributed by atoms with Crippen LogP contribution in [0, 0.1) is 5.82 Å². The zero-order chi connectivity index (χ0) is 13.3. The van der Waals surface area contributed by atoms with E-state index in [1.165, 1.54) is 7.11 Å². The number of hydrogen-bond donors (Lipinski definition) is 2. The van der Waals surface area contributed by atoms with Crippen molar-refractivity contribution in [2.24, 2.45) is 5.73 Å². The van der Waals surface area contributed by atoms with Crippen LogP contribution in [0.1, 0.15) is 37.7 Å². The molecule has 0 radical (unpaired) electrons. The monoisotopic (exact) mass is 273 g/mol. The highest BCUT2D eigenvalue weighted by Gasteiger charge is 2.37. The van der Waals surface area contributed by atoms with E-state index in [0.717, 1.165) is 25.3 Å². The fourth-order valence-corrected chi connectivity index (χ4v) is 2.88. The van der Waals surface area contributed by atoms with E-state index in [1.54, 1.807) is 0 Å². The summed E-state index contributed by atoms with van der Waals surface area (Å²) in [5.74, 6) is -0.661. The zero-order valence-electron chi connectivity index (χ0n) is 10.3. The van der Waals surface area contributed by atoms with Crippen LogP contribution in [0.5, 0.6) is 11.5 Å². The number of phenolic OH excluding ortho intramolecular Hbond substituents is 1. The lowest BCUT2D eigenvalue weighted by Gasteiger charge is -2.35. The molecule has 0 aromatic heterocycles. The molecule has 3 nitrogen and oxygen atoms in total. The Morgan fingerprint density at radius 2 is 2.00 bits per heavy atom. The quantitative estimate of drug-likeness (QED) is 0.869. The lowest BCUT2D eigenvalue weighted by atomic mass is 9.76. The second-order valence-electron chi connectivity index (χ2n) is 4.82. The maximum Gasteiger partial charge on any atom is 0.168 e. The number of methoxy groups -OCH3 is 1. The van der Waals surface area contributed by atoms with E-state index < -0.39 is 11.4 Å². The van der Waals surface area contributed by atoms with Gasteiger partial charge in [-0.15, -0.1) is 0 Å². The Morgan fingerprint density at radius 3 is 2.56 bits per heavy atom. The van der Waals surface area contributed by atoms with Crippen LogP contribution in [0.4, 0.5) is 4.39 Å². The summed E-state index contributed by atoms with van der Waals surface area (Å²) in [6.07, 6.45) is 4.30. The maximum absolute atomic E-state index is 14.3. The molecule has 18 heavy (non-hydrogen) atoms. The minimum Gasteiger partial charge on any atom is -0.504 e. The van der Waals surface area contributed by atoms with Crippen molar-refractivity contribution in [3.63, 3.8) is 0 Å². The molecule has 0 heterocycles. The normalized spacial score (nSPS) is 18.7. The van der Waals surface area contributed by atoms with Gasteiger partial charge in [-0.3, -0.25) is 0 Å². The Morgan fingerprint density at radius 1 is 1.39 bits per heavy atom. The van der Waals surface area contributed by atoms with E-state index in [9.17, 15) is 9.50 Å². The third-order valence-electron chi connectivity index (χ3n) is 3.60. The molecule has 2 rings (SSSR count). The van der Waals surface area contributed by atoms with Crippen molar-refractivity contribution in [3.05, 3.63) is 22.5 Å². The Bertz CT molecular complexity index is 459. The lowest BCUT2D eigenvalue weighted by Crippen LogP contribution is -2.40. The fourth-order valence-electron chi connectivity index (χ4n) is 2.68. The predicted molar refractivity (Wildman–Crippen MR) is 68.6 cm³/mol. The fraction of sp³-hybridized carbons (Fsp3) is 0.538. The summed E-state index contributed by atoms with van der Waals surface area (Å²) >= 11 is 5.78. The standard InChI is InChI=1S/C13H17ClFNO2/c1-18-12-9(17)7-8(14)11(15)10(12)13(16)5-3-2-4-6-13/h7,17H,2-6,16H2,1H3. The van der Waals surface area contributed by atoms with Gasteiger partial charge in [-0.05, 0) is 12.8 Å². The van der Waals surface area contributed by atoms with E-state index in [0.29, 0.717) is 12.8 Å². The topological polar surface area (TPSA) is 55.5 Å². The van der Waals surface area contributed by atoms with Crippen LogP contribution in [0.3, 0.4) is 0 Å². The Labute approximate surface area is 111 Å². The first kappa shape index (κ1) is 13.4. The maximum atomic E-state index is 14.3. The molecule has 3 N–H and O–H groups in total. The molecular formula is C13H17ClFNO2. The van der Waals surface area contributed by atoms with Crippen LogP contribution in [0.2, 0.25) is 5.02 Å². The van der Waals surface area contributed by atoms with Crippen molar-refractivity contribution in [2.45, 2.75) is 37.6 Å². The number of halogens is 2. The molecule has 0 spiro atoms. The highest BCUT2D eigenvalue weighted by molar-refractivity contribution is 6.31. The number of nitrogens with two attached hydrogens (primary N) is 1. The number of benzene rings is 1. The minimum absolute atomic E-state index is 0.0984. The number of rotatable bonds is 2. The average molecular weight is 274 g/mol. The minimum atomic E-state index is -0.809. The summed E-state index contributed by atoms with van der Waals surface area (Å²) in [7, 11) is 1.39. The Hall–Kier alpha value is -1.00. The number of aromatic hydroxyl groups is 1. The van der Waals surface area contributed by atoms with Crippen molar-refractivity contribution in [2.75, 3.05) is 7.11 Å². The molecule has 0 unspecified atom stereocenters. The van der Waals surface area contributed by atoms with Crippen LogP contribution in [0.15, 0.2) is 6.07 Å². The summed E-state index contributed by atoms with van der Waals surface area (Å²) in [6, 6.07) is 1.14. The van der Waals surface area contributed by atoms with Gasteiger partial charge >= 0.3 is 0 Å². The molecular weight excluding hydrogens is 257 g/mol. The highest BCUT2D eigenvalue weighted by Crippen LogP contribution is 2.46. The van der Waals surface area contributed by atoms with Crippen LogP contribution < -0.4 is 10.5 Å². The summed E-state index contributed by atoms with van der Waals surface area (Å²) < 4.78 is 19.4.